The Bertz CT molecular complexity index is 562. The average Bonchev–Trinajstić information content (AvgIpc) is 2.28. The van der Waals surface area contributed by atoms with E-state index in [0.29, 0.717) is 23.5 Å². The largest absolute Gasteiger partial charge is 0.344 e. The first kappa shape index (κ1) is 12.5. The Kier molecular flexibility index (Phi) is 3.03. The van der Waals surface area contributed by atoms with Gasteiger partial charge < -0.3 is 4.90 Å². The van der Waals surface area contributed by atoms with E-state index in [0.717, 1.165) is 5.57 Å². The lowest BCUT2D eigenvalue weighted by molar-refractivity contribution is 0.523. The molecule has 0 saturated carbocycles. The van der Waals surface area contributed by atoms with E-state index in [4.69, 9.17) is 0 Å². The summed E-state index contributed by atoms with van der Waals surface area (Å²) in [6.07, 6.45) is 3.31. The molecule has 1 aliphatic heterocycles. The van der Waals surface area contributed by atoms with Crippen LogP contribution in [-0.4, -0.2) is 11.9 Å². The van der Waals surface area contributed by atoms with Crippen molar-refractivity contribution in [3.05, 3.63) is 65.1 Å². The molecule has 0 spiro atoms. The fourth-order valence-electron chi connectivity index (χ4n) is 1.86. The lowest BCUT2D eigenvalue weighted by atomic mass is 10.0. The van der Waals surface area contributed by atoms with Crippen LogP contribution in [0.2, 0.25) is 0 Å². The minimum atomic E-state index is -0.932. The molecular formula is C14H12F3N. The molecule has 0 amide bonds. The highest BCUT2D eigenvalue weighted by Crippen LogP contribution is 2.32. The smallest absolute Gasteiger partial charge is 0.138 e. The summed E-state index contributed by atoms with van der Waals surface area (Å²) in [7, 11) is 1.66. The molecule has 0 bridgehead atoms. The first-order valence-electron chi connectivity index (χ1n) is 5.38. The summed E-state index contributed by atoms with van der Waals surface area (Å²) < 4.78 is 40.3. The van der Waals surface area contributed by atoms with Gasteiger partial charge in [-0.25, -0.2) is 13.2 Å². The summed E-state index contributed by atoms with van der Waals surface area (Å²) in [4.78, 5) is 1.58. The maximum atomic E-state index is 13.7. The highest BCUT2D eigenvalue weighted by Gasteiger charge is 2.22. The Hall–Kier alpha value is -1.97. The van der Waals surface area contributed by atoms with E-state index in [1.54, 1.807) is 24.1 Å². The Balaban J connectivity index is 2.60. The van der Waals surface area contributed by atoms with Gasteiger partial charge in [0.1, 0.15) is 17.5 Å². The van der Waals surface area contributed by atoms with Crippen LogP contribution >= 0.6 is 0 Å². The van der Waals surface area contributed by atoms with Crippen molar-refractivity contribution in [3.63, 3.8) is 0 Å². The van der Waals surface area contributed by atoms with Crippen molar-refractivity contribution in [3.8, 4) is 0 Å². The summed E-state index contributed by atoms with van der Waals surface area (Å²) >= 11 is 0. The zero-order valence-corrected chi connectivity index (χ0v) is 10.1. The molecule has 0 aromatic heterocycles. The number of allylic oxidation sites excluding steroid dienone is 3. The predicted octanol–water partition coefficient (Wildman–Crippen LogP) is 3.85. The summed E-state index contributed by atoms with van der Waals surface area (Å²) in [5, 5.41) is 0. The van der Waals surface area contributed by atoms with Crippen molar-refractivity contribution < 1.29 is 13.2 Å². The maximum Gasteiger partial charge on any atom is 0.138 e. The third-order valence-electron chi connectivity index (χ3n) is 2.98. The van der Waals surface area contributed by atoms with Gasteiger partial charge in [0.05, 0.1) is 11.3 Å². The molecule has 0 aliphatic carbocycles. The van der Waals surface area contributed by atoms with Gasteiger partial charge in [-0.3, -0.25) is 0 Å². The molecule has 0 N–H and O–H groups in total. The standard InChI is InChI=1S/C14H12F3N/c1-8-4-5-13(18(3)9(8)2)14-11(16)6-10(15)7-12(14)17/h4-7H,2H2,1,3H3. The molecule has 2 rings (SSSR count). The van der Waals surface area contributed by atoms with Crippen molar-refractivity contribution in [2.75, 3.05) is 7.05 Å². The van der Waals surface area contributed by atoms with Gasteiger partial charge >= 0.3 is 0 Å². The monoisotopic (exact) mass is 251 g/mol. The number of likely N-dealkylation sites (N-methyl/N-ethyl adjacent to an activating group) is 1. The molecule has 1 nitrogen and oxygen atoms in total. The quantitative estimate of drug-likeness (QED) is 0.732. The first-order chi connectivity index (χ1) is 8.41. The van der Waals surface area contributed by atoms with E-state index >= 15 is 0 Å². The van der Waals surface area contributed by atoms with Crippen LogP contribution < -0.4 is 0 Å². The lowest BCUT2D eigenvalue weighted by Gasteiger charge is -2.28. The van der Waals surface area contributed by atoms with Gasteiger partial charge in [0, 0.05) is 24.9 Å². The molecule has 18 heavy (non-hydrogen) atoms. The molecule has 1 aromatic rings. The number of hydrogen-bond donors (Lipinski definition) is 0. The summed E-state index contributed by atoms with van der Waals surface area (Å²) in [6, 6.07) is 1.34. The van der Waals surface area contributed by atoms with Crippen LogP contribution in [0.25, 0.3) is 5.70 Å². The van der Waals surface area contributed by atoms with Gasteiger partial charge in [-0.2, -0.15) is 0 Å². The third kappa shape index (κ3) is 1.94. The highest BCUT2D eigenvalue weighted by atomic mass is 19.1. The molecular weight excluding hydrogens is 239 g/mol. The topological polar surface area (TPSA) is 3.24 Å². The molecule has 0 atom stereocenters. The molecule has 1 aliphatic rings. The molecule has 4 heteroatoms. The fourth-order valence-corrected chi connectivity index (χ4v) is 1.86. The van der Waals surface area contributed by atoms with Crippen LogP contribution in [0.4, 0.5) is 13.2 Å². The normalized spacial score (nSPS) is 15.6. The number of nitrogens with zero attached hydrogens (tertiary/aromatic N) is 1. The fraction of sp³-hybridized carbons (Fsp3) is 0.143. The Morgan fingerprint density at radius 1 is 1.06 bits per heavy atom. The molecule has 0 fully saturated rings. The van der Waals surface area contributed by atoms with Crippen LogP contribution in [0.15, 0.2) is 42.1 Å². The van der Waals surface area contributed by atoms with Crippen LogP contribution in [0, 0.1) is 17.5 Å². The number of benzene rings is 1. The van der Waals surface area contributed by atoms with Gasteiger partial charge in [0.25, 0.3) is 0 Å². The van der Waals surface area contributed by atoms with Crippen LogP contribution in [0.5, 0.6) is 0 Å². The number of halogens is 3. The molecule has 0 radical (unpaired) electrons. The summed E-state index contributed by atoms with van der Waals surface area (Å²) in [5.74, 6) is -2.78. The minimum absolute atomic E-state index is 0.246. The molecule has 0 unspecified atom stereocenters. The minimum Gasteiger partial charge on any atom is -0.344 e. The van der Waals surface area contributed by atoms with Crippen LogP contribution in [-0.2, 0) is 0 Å². The Morgan fingerprint density at radius 3 is 2.17 bits per heavy atom. The van der Waals surface area contributed by atoms with E-state index in [-0.39, 0.29) is 5.56 Å². The van der Waals surface area contributed by atoms with E-state index in [9.17, 15) is 13.2 Å². The van der Waals surface area contributed by atoms with E-state index < -0.39 is 17.5 Å². The number of hydrogen-bond acceptors (Lipinski definition) is 1. The first-order valence-corrected chi connectivity index (χ1v) is 5.38. The van der Waals surface area contributed by atoms with Gasteiger partial charge in [-0.05, 0) is 18.6 Å². The van der Waals surface area contributed by atoms with Crippen molar-refractivity contribution >= 4 is 5.70 Å². The SMILES string of the molecule is C=C1C(C)=CC=C(c2c(F)cc(F)cc2F)N1C. The summed E-state index contributed by atoms with van der Waals surface area (Å²) in [6.45, 7) is 5.68. The van der Waals surface area contributed by atoms with Crippen LogP contribution in [0.3, 0.4) is 0 Å². The third-order valence-corrected chi connectivity index (χ3v) is 2.98. The van der Waals surface area contributed by atoms with Gasteiger partial charge in [0.2, 0.25) is 0 Å². The zero-order chi connectivity index (χ0) is 13.4. The van der Waals surface area contributed by atoms with Crippen molar-refractivity contribution in [2.24, 2.45) is 0 Å². The van der Waals surface area contributed by atoms with Crippen molar-refractivity contribution in [1.82, 2.24) is 4.90 Å². The van der Waals surface area contributed by atoms with Gasteiger partial charge in [-0.15, -0.1) is 0 Å². The molecule has 1 heterocycles. The second-order valence-corrected chi connectivity index (χ2v) is 4.15. The second kappa shape index (κ2) is 4.37. The van der Waals surface area contributed by atoms with Crippen LogP contribution in [0.1, 0.15) is 12.5 Å². The van der Waals surface area contributed by atoms with E-state index in [1.165, 1.54) is 0 Å². The summed E-state index contributed by atoms with van der Waals surface area (Å²) in [5.41, 5.74) is 1.63. The van der Waals surface area contributed by atoms with Gasteiger partial charge in [0.15, 0.2) is 0 Å². The second-order valence-electron chi connectivity index (χ2n) is 4.15. The van der Waals surface area contributed by atoms with Gasteiger partial charge in [-0.1, -0.05) is 12.7 Å². The Morgan fingerprint density at radius 2 is 1.61 bits per heavy atom. The average molecular weight is 251 g/mol. The Labute approximate surface area is 104 Å². The van der Waals surface area contributed by atoms with Crippen molar-refractivity contribution in [1.29, 1.82) is 0 Å². The maximum absolute atomic E-state index is 13.7. The molecule has 1 aromatic carbocycles. The number of rotatable bonds is 1. The predicted molar refractivity (Wildman–Crippen MR) is 65.0 cm³/mol. The van der Waals surface area contributed by atoms with Crippen molar-refractivity contribution in [2.45, 2.75) is 6.92 Å². The molecule has 94 valence electrons. The lowest BCUT2D eigenvalue weighted by Crippen LogP contribution is -2.20. The highest BCUT2D eigenvalue weighted by molar-refractivity contribution is 5.71. The zero-order valence-electron chi connectivity index (χ0n) is 10.1. The van der Waals surface area contributed by atoms with E-state index in [1.807, 2.05) is 6.92 Å². The molecule has 0 saturated heterocycles. The van der Waals surface area contributed by atoms with E-state index in [2.05, 4.69) is 6.58 Å².